The van der Waals surface area contributed by atoms with Crippen molar-refractivity contribution >= 4 is 0 Å². The van der Waals surface area contributed by atoms with E-state index in [-0.39, 0.29) is 0 Å². The Kier molecular flexibility index (Phi) is 3.34. The van der Waals surface area contributed by atoms with Crippen molar-refractivity contribution in [3.05, 3.63) is 35.4 Å². The normalized spacial score (nSPS) is 17.8. The van der Waals surface area contributed by atoms with Gasteiger partial charge in [0.15, 0.2) is 0 Å². The molecule has 1 fully saturated rings. The van der Waals surface area contributed by atoms with E-state index in [0.717, 1.165) is 0 Å². The molecule has 1 aliphatic carbocycles. The molecule has 0 spiro atoms. The van der Waals surface area contributed by atoms with Crippen LogP contribution in [0.5, 0.6) is 0 Å². The molecule has 2 rings (SSSR count). The molecule has 0 saturated heterocycles. The molecule has 0 heterocycles. The molecule has 1 heteroatoms. The van der Waals surface area contributed by atoms with Crippen LogP contribution < -0.4 is 5.32 Å². The van der Waals surface area contributed by atoms with Crippen LogP contribution in [0.4, 0.5) is 0 Å². The zero-order chi connectivity index (χ0) is 11.6. The van der Waals surface area contributed by atoms with Crippen LogP contribution >= 0.6 is 0 Å². The molecule has 0 unspecified atom stereocenters. The molecule has 16 heavy (non-hydrogen) atoms. The van der Waals surface area contributed by atoms with Crippen LogP contribution in [0.15, 0.2) is 24.3 Å². The Hall–Kier alpha value is -0.820. The molecular weight excluding hydrogens is 194 g/mol. The van der Waals surface area contributed by atoms with Crippen molar-refractivity contribution in [2.75, 3.05) is 6.54 Å². The van der Waals surface area contributed by atoms with E-state index in [1.54, 1.807) is 0 Å². The Balaban J connectivity index is 1.96. The lowest BCUT2D eigenvalue weighted by Crippen LogP contribution is -2.31. The Labute approximate surface area is 99.3 Å². The lowest BCUT2D eigenvalue weighted by molar-refractivity contribution is 0.429. The lowest BCUT2D eigenvalue weighted by atomic mass is 9.93. The summed E-state index contributed by atoms with van der Waals surface area (Å²) in [4.78, 5) is 0. The standard InChI is InChI=1S/C15H23N/c1-12(2)16-11-15(8-9-15)10-14-7-5-4-6-13(14)3/h4-7,12,16H,8-11H2,1-3H3. The summed E-state index contributed by atoms with van der Waals surface area (Å²) in [5.74, 6) is 0. The van der Waals surface area contributed by atoms with Gasteiger partial charge in [-0.15, -0.1) is 0 Å². The average Bonchev–Trinajstić information content (AvgIpc) is 3.00. The maximum absolute atomic E-state index is 3.59. The largest absolute Gasteiger partial charge is 0.314 e. The molecule has 1 aromatic carbocycles. The smallest absolute Gasteiger partial charge is 0.00134 e. The predicted octanol–water partition coefficient (Wildman–Crippen LogP) is 3.32. The van der Waals surface area contributed by atoms with Crippen LogP contribution in [-0.4, -0.2) is 12.6 Å². The summed E-state index contributed by atoms with van der Waals surface area (Å²) >= 11 is 0. The highest BCUT2D eigenvalue weighted by Crippen LogP contribution is 2.48. The Morgan fingerprint density at radius 1 is 1.25 bits per heavy atom. The summed E-state index contributed by atoms with van der Waals surface area (Å²) in [6.07, 6.45) is 4.03. The van der Waals surface area contributed by atoms with Crippen molar-refractivity contribution in [2.24, 2.45) is 5.41 Å². The molecule has 0 amide bonds. The van der Waals surface area contributed by atoms with Gasteiger partial charge >= 0.3 is 0 Å². The van der Waals surface area contributed by atoms with Crippen molar-refractivity contribution in [3.8, 4) is 0 Å². The summed E-state index contributed by atoms with van der Waals surface area (Å²) in [7, 11) is 0. The number of hydrogen-bond acceptors (Lipinski definition) is 1. The van der Waals surface area contributed by atoms with Gasteiger partial charge in [0.1, 0.15) is 0 Å². The monoisotopic (exact) mass is 217 g/mol. The summed E-state index contributed by atoms with van der Waals surface area (Å²) in [5, 5.41) is 3.59. The molecule has 1 aliphatic rings. The van der Waals surface area contributed by atoms with Crippen molar-refractivity contribution in [2.45, 2.75) is 46.1 Å². The first-order valence-corrected chi connectivity index (χ1v) is 6.39. The highest BCUT2D eigenvalue weighted by atomic mass is 14.9. The zero-order valence-electron chi connectivity index (χ0n) is 10.7. The average molecular weight is 217 g/mol. The molecule has 0 atom stereocenters. The Morgan fingerprint density at radius 2 is 1.94 bits per heavy atom. The number of aryl methyl sites for hydroxylation is 1. The number of hydrogen-bond donors (Lipinski definition) is 1. The first-order valence-electron chi connectivity index (χ1n) is 6.39. The fourth-order valence-corrected chi connectivity index (χ4v) is 2.23. The highest BCUT2D eigenvalue weighted by Gasteiger charge is 2.42. The lowest BCUT2D eigenvalue weighted by Gasteiger charge is -2.19. The van der Waals surface area contributed by atoms with Crippen LogP contribution in [0.2, 0.25) is 0 Å². The quantitative estimate of drug-likeness (QED) is 0.798. The second-order valence-electron chi connectivity index (χ2n) is 5.64. The van der Waals surface area contributed by atoms with Crippen LogP contribution in [0.1, 0.15) is 37.8 Å². The van der Waals surface area contributed by atoms with Gasteiger partial charge in [-0.05, 0) is 42.7 Å². The molecule has 88 valence electrons. The number of rotatable bonds is 5. The molecule has 0 aliphatic heterocycles. The second-order valence-corrected chi connectivity index (χ2v) is 5.64. The Bertz CT molecular complexity index is 350. The molecule has 1 aromatic rings. The van der Waals surface area contributed by atoms with Gasteiger partial charge in [-0.1, -0.05) is 38.1 Å². The summed E-state index contributed by atoms with van der Waals surface area (Å²) in [5.41, 5.74) is 3.54. The van der Waals surface area contributed by atoms with Gasteiger partial charge in [-0.3, -0.25) is 0 Å². The van der Waals surface area contributed by atoms with Gasteiger partial charge in [0.25, 0.3) is 0 Å². The minimum Gasteiger partial charge on any atom is -0.314 e. The highest BCUT2D eigenvalue weighted by molar-refractivity contribution is 5.28. The van der Waals surface area contributed by atoms with Crippen molar-refractivity contribution < 1.29 is 0 Å². The summed E-state index contributed by atoms with van der Waals surface area (Å²) in [6.45, 7) is 7.86. The second kappa shape index (κ2) is 4.58. The van der Waals surface area contributed by atoms with E-state index in [0.29, 0.717) is 11.5 Å². The van der Waals surface area contributed by atoms with E-state index < -0.39 is 0 Å². The molecule has 0 aromatic heterocycles. The van der Waals surface area contributed by atoms with Crippen molar-refractivity contribution in [1.82, 2.24) is 5.32 Å². The summed E-state index contributed by atoms with van der Waals surface area (Å²) in [6, 6.07) is 9.40. The first-order chi connectivity index (χ1) is 7.61. The van der Waals surface area contributed by atoms with Gasteiger partial charge in [0, 0.05) is 12.6 Å². The van der Waals surface area contributed by atoms with Gasteiger partial charge < -0.3 is 5.32 Å². The van der Waals surface area contributed by atoms with Crippen molar-refractivity contribution in [1.29, 1.82) is 0 Å². The van der Waals surface area contributed by atoms with E-state index in [4.69, 9.17) is 0 Å². The molecule has 1 N–H and O–H groups in total. The van der Waals surface area contributed by atoms with Crippen LogP contribution in [-0.2, 0) is 6.42 Å². The van der Waals surface area contributed by atoms with Gasteiger partial charge in [0.2, 0.25) is 0 Å². The third-order valence-electron chi connectivity index (χ3n) is 3.67. The maximum Gasteiger partial charge on any atom is 0.00134 e. The van der Waals surface area contributed by atoms with Crippen LogP contribution in [0, 0.1) is 12.3 Å². The number of nitrogens with one attached hydrogen (secondary N) is 1. The van der Waals surface area contributed by atoms with Gasteiger partial charge in [-0.2, -0.15) is 0 Å². The van der Waals surface area contributed by atoms with E-state index in [1.165, 1.54) is 36.9 Å². The molecule has 0 radical (unpaired) electrons. The third-order valence-corrected chi connectivity index (χ3v) is 3.67. The maximum atomic E-state index is 3.59. The molecule has 0 bridgehead atoms. The van der Waals surface area contributed by atoms with E-state index in [2.05, 4.69) is 50.4 Å². The van der Waals surface area contributed by atoms with E-state index >= 15 is 0 Å². The Morgan fingerprint density at radius 3 is 2.50 bits per heavy atom. The minimum absolute atomic E-state index is 0.566. The molecule has 1 saturated carbocycles. The topological polar surface area (TPSA) is 12.0 Å². The minimum atomic E-state index is 0.566. The fraction of sp³-hybridized carbons (Fsp3) is 0.600. The first kappa shape index (κ1) is 11.7. The fourth-order valence-electron chi connectivity index (χ4n) is 2.23. The number of benzene rings is 1. The van der Waals surface area contributed by atoms with Gasteiger partial charge in [0.05, 0.1) is 0 Å². The van der Waals surface area contributed by atoms with Gasteiger partial charge in [-0.25, -0.2) is 0 Å². The molecular formula is C15H23N. The summed E-state index contributed by atoms with van der Waals surface area (Å²) < 4.78 is 0. The third kappa shape index (κ3) is 2.85. The zero-order valence-corrected chi connectivity index (χ0v) is 10.7. The van der Waals surface area contributed by atoms with E-state index in [9.17, 15) is 0 Å². The SMILES string of the molecule is Cc1ccccc1CC1(CNC(C)C)CC1. The van der Waals surface area contributed by atoms with Crippen LogP contribution in [0.3, 0.4) is 0 Å². The van der Waals surface area contributed by atoms with Crippen molar-refractivity contribution in [3.63, 3.8) is 0 Å². The van der Waals surface area contributed by atoms with Crippen LogP contribution in [0.25, 0.3) is 0 Å². The predicted molar refractivity (Wildman–Crippen MR) is 69.7 cm³/mol. The van der Waals surface area contributed by atoms with E-state index in [1.807, 2.05) is 0 Å². The molecule has 1 nitrogen and oxygen atoms in total.